The fraction of sp³-hybridized carbons (Fsp3) is 0.440. The predicted molar refractivity (Wildman–Crippen MR) is 119 cm³/mol. The molecule has 2 heterocycles. The van der Waals surface area contributed by atoms with Crippen molar-refractivity contribution in [3.05, 3.63) is 58.7 Å². The molecule has 0 saturated heterocycles. The summed E-state index contributed by atoms with van der Waals surface area (Å²) >= 11 is 0. The lowest BCUT2D eigenvalue weighted by Crippen LogP contribution is -2.65. The molecule has 0 N–H and O–H groups in total. The van der Waals surface area contributed by atoms with Crippen LogP contribution in [0.15, 0.2) is 36.4 Å². The number of carbonyl (C=O) groups excluding carboxylic acids is 2. The normalized spacial score (nSPS) is 19.8. The topological polar surface area (TPSA) is 49.9 Å². The van der Waals surface area contributed by atoms with Crippen LogP contribution < -0.4 is 9.80 Å². The summed E-state index contributed by atoms with van der Waals surface area (Å²) < 4.78 is 5.55. The van der Waals surface area contributed by atoms with Gasteiger partial charge in [0.1, 0.15) is 0 Å². The lowest BCUT2D eigenvalue weighted by Gasteiger charge is -2.41. The molecule has 0 amide bonds. The number of nitrogens with zero attached hydrogens (tertiary/aromatic N) is 2. The quantitative estimate of drug-likeness (QED) is 0.563. The lowest BCUT2D eigenvalue weighted by molar-refractivity contribution is -0.154. The molecule has 2 aromatic carbocycles. The van der Waals surface area contributed by atoms with Crippen molar-refractivity contribution in [1.82, 2.24) is 0 Å². The Morgan fingerprint density at radius 3 is 2.20 bits per heavy atom. The summed E-state index contributed by atoms with van der Waals surface area (Å²) in [6, 6.07) is 12.6. The summed E-state index contributed by atoms with van der Waals surface area (Å²) in [5, 5.41) is 0. The molecular weight excluding hydrogens is 376 g/mol. The van der Waals surface area contributed by atoms with E-state index in [1.54, 1.807) is 6.92 Å². The van der Waals surface area contributed by atoms with Gasteiger partial charge in [0.2, 0.25) is 5.54 Å². The van der Waals surface area contributed by atoms with E-state index in [-0.39, 0.29) is 24.9 Å². The van der Waals surface area contributed by atoms with Crippen molar-refractivity contribution in [2.24, 2.45) is 5.92 Å². The van der Waals surface area contributed by atoms with Gasteiger partial charge < -0.3 is 14.5 Å². The standard InChI is InChI=1S/C25H30N2O3/c1-6-30-24(29)25(23(28)16(2)3)15-26-13-19-11-18(5)8-10-22(19)27(25)14-20-12-17(4)7-9-21(20)26/h7-12,16H,6,13-15H2,1-5H3/t25-/m0/s1. The molecule has 2 aliphatic rings. The second-order valence-corrected chi connectivity index (χ2v) is 8.81. The molecule has 2 aliphatic heterocycles. The SMILES string of the molecule is CCOC(=O)[C@@]1(C(=O)C(C)C)CN2Cc3cc(C)ccc3N1Cc1cc(C)ccc12. The number of fused-ring (bicyclic) bond motifs is 7. The third-order valence-electron chi connectivity index (χ3n) is 6.22. The van der Waals surface area contributed by atoms with Crippen LogP contribution in [-0.2, 0) is 27.4 Å². The van der Waals surface area contributed by atoms with Crippen LogP contribution in [-0.4, -0.2) is 30.4 Å². The zero-order valence-electron chi connectivity index (χ0n) is 18.5. The Kier molecular flexibility index (Phi) is 5.08. The highest BCUT2D eigenvalue weighted by molar-refractivity contribution is 6.13. The second kappa shape index (κ2) is 7.46. The van der Waals surface area contributed by atoms with E-state index in [0.717, 1.165) is 33.6 Å². The third kappa shape index (κ3) is 3.08. The van der Waals surface area contributed by atoms with Crippen molar-refractivity contribution >= 4 is 23.1 Å². The van der Waals surface area contributed by atoms with Gasteiger partial charge in [0.05, 0.1) is 13.2 Å². The van der Waals surface area contributed by atoms with Crippen molar-refractivity contribution in [2.45, 2.75) is 53.2 Å². The van der Waals surface area contributed by atoms with Crippen LogP contribution >= 0.6 is 0 Å². The highest BCUT2D eigenvalue weighted by Crippen LogP contribution is 2.43. The minimum Gasteiger partial charge on any atom is -0.464 e. The number of hydrogen-bond donors (Lipinski definition) is 0. The minimum absolute atomic E-state index is 0.0936. The van der Waals surface area contributed by atoms with Gasteiger partial charge in [0.15, 0.2) is 5.78 Å². The summed E-state index contributed by atoms with van der Waals surface area (Å²) in [6.45, 7) is 11.3. The van der Waals surface area contributed by atoms with Crippen LogP contribution in [0.2, 0.25) is 0 Å². The molecular formula is C25H30N2O3. The Hall–Kier alpha value is -2.82. The molecule has 2 aromatic rings. The fourth-order valence-corrected chi connectivity index (χ4v) is 4.86. The highest BCUT2D eigenvalue weighted by Gasteiger charge is 2.57. The molecule has 0 spiro atoms. The molecule has 2 bridgehead atoms. The largest absolute Gasteiger partial charge is 0.464 e. The zero-order chi connectivity index (χ0) is 21.6. The lowest BCUT2D eigenvalue weighted by atomic mass is 9.84. The molecule has 5 nitrogen and oxygen atoms in total. The van der Waals surface area contributed by atoms with Gasteiger partial charge in [-0.3, -0.25) is 4.79 Å². The molecule has 30 heavy (non-hydrogen) atoms. The summed E-state index contributed by atoms with van der Waals surface area (Å²) in [7, 11) is 0. The number of ketones is 1. The maximum Gasteiger partial charge on any atom is 0.341 e. The van der Waals surface area contributed by atoms with E-state index in [1.165, 1.54) is 0 Å². The molecule has 0 unspecified atom stereocenters. The van der Waals surface area contributed by atoms with E-state index in [2.05, 4.69) is 55.1 Å². The summed E-state index contributed by atoms with van der Waals surface area (Å²) in [5.74, 6) is -0.843. The molecule has 5 heteroatoms. The first-order valence-electron chi connectivity index (χ1n) is 10.7. The molecule has 4 rings (SSSR count). The number of rotatable bonds is 4. The number of benzene rings is 2. The first kappa shape index (κ1) is 20.5. The number of ether oxygens (including phenoxy) is 1. The maximum atomic E-state index is 13.8. The summed E-state index contributed by atoms with van der Waals surface area (Å²) in [6.07, 6.45) is 0. The Balaban J connectivity index is 2.01. The first-order chi connectivity index (χ1) is 14.3. The third-order valence-corrected chi connectivity index (χ3v) is 6.22. The molecule has 0 aliphatic carbocycles. The van der Waals surface area contributed by atoms with Crippen LogP contribution in [0.3, 0.4) is 0 Å². The number of hydrogen-bond acceptors (Lipinski definition) is 5. The maximum absolute atomic E-state index is 13.8. The number of aryl methyl sites for hydroxylation is 2. The van der Waals surface area contributed by atoms with E-state index in [1.807, 2.05) is 18.7 Å². The van der Waals surface area contributed by atoms with Gasteiger partial charge in [-0.25, -0.2) is 4.79 Å². The van der Waals surface area contributed by atoms with Crippen LogP contribution in [0.25, 0.3) is 0 Å². The number of carbonyl (C=O) groups is 2. The van der Waals surface area contributed by atoms with Crippen molar-refractivity contribution < 1.29 is 14.3 Å². The van der Waals surface area contributed by atoms with Crippen LogP contribution in [0.4, 0.5) is 11.4 Å². The van der Waals surface area contributed by atoms with Gasteiger partial charge in [-0.05, 0) is 44.0 Å². The first-order valence-corrected chi connectivity index (χ1v) is 10.7. The van der Waals surface area contributed by atoms with Crippen molar-refractivity contribution in [3.8, 4) is 0 Å². The number of anilines is 2. The van der Waals surface area contributed by atoms with Gasteiger partial charge >= 0.3 is 5.97 Å². The minimum atomic E-state index is -1.38. The smallest absolute Gasteiger partial charge is 0.341 e. The number of Topliss-reactive ketones (excluding diaryl/α,β-unsaturated/α-hetero) is 1. The molecule has 0 saturated carbocycles. The molecule has 0 fully saturated rings. The number of esters is 1. The van der Waals surface area contributed by atoms with E-state index in [4.69, 9.17) is 4.74 Å². The van der Waals surface area contributed by atoms with Gasteiger partial charge in [0, 0.05) is 30.4 Å². The Morgan fingerprint density at radius 2 is 1.60 bits per heavy atom. The Labute approximate surface area is 178 Å². The van der Waals surface area contributed by atoms with Crippen molar-refractivity contribution in [3.63, 3.8) is 0 Å². The Morgan fingerprint density at radius 1 is 1.00 bits per heavy atom. The molecule has 0 aromatic heterocycles. The summed E-state index contributed by atoms with van der Waals surface area (Å²) in [4.78, 5) is 31.5. The molecule has 1 atom stereocenters. The van der Waals surface area contributed by atoms with Gasteiger partial charge in [-0.1, -0.05) is 49.2 Å². The van der Waals surface area contributed by atoms with Crippen molar-refractivity contribution in [2.75, 3.05) is 23.0 Å². The van der Waals surface area contributed by atoms with Gasteiger partial charge in [0.25, 0.3) is 0 Å². The zero-order valence-corrected chi connectivity index (χ0v) is 18.5. The molecule has 0 radical (unpaired) electrons. The van der Waals surface area contributed by atoms with Crippen LogP contribution in [0.5, 0.6) is 0 Å². The highest BCUT2D eigenvalue weighted by atomic mass is 16.5. The summed E-state index contributed by atoms with van der Waals surface area (Å²) in [5.41, 5.74) is 5.23. The predicted octanol–water partition coefficient (Wildman–Crippen LogP) is 4.17. The average molecular weight is 407 g/mol. The van der Waals surface area contributed by atoms with E-state index < -0.39 is 11.5 Å². The molecule has 158 valence electrons. The van der Waals surface area contributed by atoms with Gasteiger partial charge in [-0.2, -0.15) is 0 Å². The second-order valence-electron chi connectivity index (χ2n) is 8.81. The van der Waals surface area contributed by atoms with Crippen LogP contribution in [0.1, 0.15) is 43.0 Å². The van der Waals surface area contributed by atoms with E-state index >= 15 is 0 Å². The average Bonchev–Trinajstić information content (AvgIpc) is 2.91. The van der Waals surface area contributed by atoms with E-state index in [9.17, 15) is 9.59 Å². The van der Waals surface area contributed by atoms with E-state index in [0.29, 0.717) is 13.1 Å². The van der Waals surface area contributed by atoms with Gasteiger partial charge in [-0.15, -0.1) is 0 Å². The van der Waals surface area contributed by atoms with Crippen LogP contribution in [0, 0.1) is 19.8 Å². The fourth-order valence-electron chi connectivity index (χ4n) is 4.86. The monoisotopic (exact) mass is 406 g/mol. The Bertz CT molecular complexity index is 1010. The van der Waals surface area contributed by atoms with Crippen molar-refractivity contribution in [1.29, 1.82) is 0 Å².